The Kier molecular flexibility index (Phi) is 8.82. The van der Waals surface area contributed by atoms with Gasteiger partial charge in [0, 0.05) is 61.7 Å². The predicted molar refractivity (Wildman–Crippen MR) is 268 cm³/mol. The van der Waals surface area contributed by atoms with Crippen molar-refractivity contribution in [2.45, 2.75) is 62.3 Å². The van der Waals surface area contributed by atoms with Crippen LogP contribution in [0.3, 0.4) is 0 Å². The van der Waals surface area contributed by atoms with E-state index in [-0.39, 0.29) is 0 Å². The molecular formula is C59H50N2O2. The normalized spacial score (nSPS) is 11.9. The highest BCUT2D eigenvalue weighted by Gasteiger charge is 2.22. The van der Waals surface area contributed by atoms with E-state index in [1.54, 1.807) is 0 Å². The zero-order valence-corrected chi connectivity index (χ0v) is 37.5. The Morgan fingerprint density at radius 2 is 0.651 bits per heavy atom. The number of hydrogen-bond donors (Lipinski definition) is 0. The van der Waals surface area contributed by atoms with Gasteiger partial charge in [-0.25, -0.2) is 0 Å². The van der Waals surface area contributed by atoms with Crippen LogP contribution in [-0.2, 0) is 0 Å². The Hall–Kier alpha value is -7.30. The van der Waals surface area contributed by atoms with Crippen molar-refractivity contribution >= 4 is 99.5 Å². The molecule has 4 heteroatoms. The predicted octanol–water partition coefficient (Wildman–Crippen LogP) is 17.5. The third-order valence-corrected chi connectivity index (χ3v) is 13.2. The molecule has 0 spiro atoms. The summed E-state index contributed by atoms with van der Waals surface area (Å²) >= 11 is 0. The summed E-state index contributed by atoms with van der Waals surface area (Å²) in [6.45, 7) is 19.6. The van der Waals surface area contributed by atoms with E-state index >= 15 is 0 Å². The molecule has 0 unspecified atom stereocenters. The molecule has 63 heavy (non-hydrogen) atoms. The molecule has 11 rings (SSSR count). The second kappa shape index (κ2) is 14.4. The fourth-order valence-electron chi connectivity index (χ4n) is 10.2. The van der Waals surface area contributed by atoms with Crippen molar-refractivity contribution in [3.05, 3.63) is 190 Å². The van der Waals surface area contributed by atoms with Gasteiger partial charge in [0.2, 0.25) is 0 Å². The average Bonchev–Trinajstić information content (AvgIpc) is 3.79. The molecule has 0 radical (unpaired) electrons. The zero-order valence-electron chi connectivity index (χ0n) is 37.5. The van der Waals surface area contributed by atoms with E-state index in [0.717, 1.165) is 66.0 Å². The lowest BCUT2D eigenvalue weighted by molar-refractivity contribution is 0.656. The van der Waals surface area contributed by atoms with Crippen LogP contribution in [0.1, 0.15) is 50.1 Å². The van der Waals surface area contributed by atoms with Gasteiger partial charge >= 0.3 is 0 Å². The number of furan rings is 2. The molecular weight excluding hydrogens is 769 g/mol. The average molecular weight is 819 g/mol. The maximum absolute atomic E-state index is 6.74. The van der Waals surface area contributed by atoms with Gasteiger partial charge in [-0.15, -0.1) is 0 Å². The Morgan fingerprint density at radius 3 is 0.984 bits per heavy atom. The van der Waals surface area contributed by atoms with E-state index in [1.165, 1.54) is 83.6 Å². The topological polar surface area (TPSA) is 32.8 Å². The third-order valence-electron chi connectivity index (χ3n) is 13.2. The van der Waals surface area contributed by atoms with E-state index in [2.05, 4.69) is 212 Å². The molecule has 0 aliphatic heterocycles. The van der Waals surface area contributed by atoms with Crippen LogP contribution in [0, 0.1) is 62.3 Å². The quantitative estimate of drug-likeness (QED) is 0.167. The van der Waals surface area contributed by atoms with Gasteiger partial charge in [0.25, 0.3) is 0 Å². The molecule has 2 aromatic heterocycles. The number of nitrogens with zero attached hydrogens (tertiary/aromatic N) is 2. The highest BCUT2D eigenvalue weighted by molar-refractivity contribution is 6.21. The van der Waals surface area contributed by atoms with Gasteiger partial charge in [0.1, 0.15) is 22.3 Å². The molecule has 0 fully saturated rings. The Bertz CT molecular complexity index is 3350. The summed E-state index contributed by atoms with van der Waals surface area (Å²) < 4.78 is 13.5. The minimum atomic E-state index is 0.834. The van der Waals surface area contributed by atoms with E-state index in [0.29, 0.717) is 0 Å². The van der Waals surface area contributed by atoms with Gasteiger partial charge in [0.15, 0.2) is 0 Å². The molecule has 9 aromatic carbocycles. The van der Waals surface area contributed by atoms with Crippen LogP contribution >= 0.6 is 0 Å². The summed E-state index contributed by atoms with van der Waals surface area (Å²) in [5, 5.41) is 9.09. The molecule has 308 valence electrons. The van der Waals surface area contributed by atoms with Gasteiger partial charge < -0.3 is 18.6 Å². The van der Waals surface area contributed by atoms with Crippen LogP contribution < -0.4 is 9.80 Å². The van der Waals surface area contributed by atoms with E-state index in [4.69, 9.17) is 8.83 Å². The summed E-state index contributed by atoms with van der Waals surface area (Å²) in [5.41, 5.74) is 21.5. The smallest absolute Gasteiger partial charge is 0.139 e. The fraction of sp³-hybridized carbons (Fsp3) is 0.153. The largest absolute Gasteiger partial charge is 0.456 e. The summed E-state index contributed by atoms with van der Waals surface area (Å²) in [7, 11) is 0. The molecule has 0 saturated heterocycles. The summed E-state index contributed by atoms with van der Waals surface area (Å²) in [6.07, 6.45) is 0. The van der Waals surface area contributed by atoms with Crippen molar-refractivity contribution in [1.29, 1.82) is 0 Å². The zero-order chi connectivity index (χ0) is 43.4. The molecule has 0 amide bonds. The molecule has 0 bridgehead atoms. The van der Waals surface area contributed by atoms with Crippen molar-refractivity contribution in [3.63, 3.8) is 0 Å². The first kappa shape index (κ1) is 38.6. The molecule has 0 aliphatic rings. The first-order valence-electron chi connectivity index (χ1n) is 22.0. The monoisotopic (exact) mass is 818 g/mol. The lowest BCUT2D eigenvalue weighted by atomic mass is 9.98. The van der Waals surface area contributed by atoms with Crippen LogP contribution in [0.5, 0.6) is 0 Å². The first-order valence-corrected chi connectivity index (χ1v) is 22.0. The van der Waals surface area contributed by atoms with Gasteiger partial charge in [-0.1, -0.05) is 82.9 Å². The van der Waals surface area contributed by atoms with Crippen LogP contribution in [0.15, 0.2) is 148 Å². The number of rotatable bonds is 6. The van der Waals surface area contributed by atoms with E-state index in [1.807, 2.05) is 0 Å². The highest BCUT2D eigenvalue weighted by atomic mass is 16.3. The Labute approximate surface area is 368 Å². The second-order valence-corrected chi connectivity index (χ2v) is 18.0. The SMILES string of the molecule is Cc1ccc(N(c2ccc3cc4c(cc3c2)oc2cc3oc5cc6cc(N(c7ccc(C)cc7C)c7ccc(C)cc7C)ccc6cc5c3c(C)c24)c2ccc(C)cc2C)c(C)c1. The standard InChI is InChI=1S/C59H50N2O2/c1-33-10-18-50(37(5)22-33)60(51-19-11-34(2)23-38(51)6)46-16-14-42-28-48-54(30-44(42)26-46)62-56-32-57-59(41(9)58(48)56)49-29-43-15-17-47(27-45(43)31-55(49)63-57)61(52-20-12-35(3)24-39(52)7)53-21-13-36(4)25-40(53)8/h10-32H,1-9H3. The minimum absolute atomic E-state index is 0.834. The van der Waals surface area contributed by atoms with Crippen molar-refractivity contribution in [3.8, 4) is 0 Å². The fourth-order valence-corrected chi connectivity index (χ4v) is 10.2. The maximum Gasteiger partial charge on any atom is 0.139 e. The summed E-state index contributed by atoms with van der Waals surface area (Å²) in [6, 6.07) is 51.6. The number of fused-ring (bicyclic) bond motifs is 8. The Morgan fingerprint density at radius 1 is 0.302 bits per heavy atom. The summed E-state index contributed by atoms with van der Waals surface area (Å²) in [4.78, 5) is 4.79. The van der Waals surface area contributed by atoms with Crippen LogP contribution in [-0.4, -0.2) is 0 Å². The third kappa shape index (κ3) is 6.35. The van der Waals surface area contributed by atoms with Gasteiger partial charge in [-0.05, 0) is 184 Å². The minimum Gasteiger partial charge on any atom is -0.456 e. The Balaban J connectivity index is 1.03. The van der Waals surface area contributed by atoms with E-state index in [9.17, 15) is 0 Å². The molecule has 2 heterocycles. The number of anilines is 6. The first-order chi connectivity index (χ1) is 30.4. The molecule has 0 saturated carbocycles. The lowest BCUT2D eigenvalue weighted by Crippen LogP contribution is -2.13. The number of hydrogen-bond acceptors (Lipinski definition) is 4. The van der Waals surface area contributed by atoms with Crippen molar-refractivity contribution < 1.29 is 8.83 Å². The van der Waals surface area contributed by atoms with Crippen LogP contribution in [0.4, 0.5) is 34.1 Å². The van der Waals surface area contributed by atoms with E-state index < -0.39 is 0 Å². The lowest BCUT2D eigenvalue weighted by Gasteiger charge is -2.29. The molecule has 11 aromatic rings. The molecule has 0 atom stereocenters. The number of benzene rings is 9. The van der Waals surface area contributed by atoms with Gasteiger partial charge in [0.05, 0.1) is 0 Å². The molecule has 0 aliphatic carbocycles. The maximum atomic E-state index is 6.74. The van der Waals surface area contributed by atoms with Crippen molar-refractivity contribution in [2.75, 3.05) is 9.80 Å². The van der Waals surface area contributed by atoms with Gasteiger partial charge in [-0.3, -0.25) is 0 Å². The highest BCUT2D eigenvalue weighted by Crippen LogP contribution is 2.45. The second-order valence-electron chi connectivity index (χ2n) is 18.0. The molecule has 0 N–H and O–H groups in total. The van der Waals surface area contributed by atoms with Crippen LogP contribution in [0.2, 0.25) is 0 Å². The molecule has 4 nitrogen and oxygen atoms in total. The van der Waals surface area contributed by atoms with Crippen molar-refractivity contribution in [1.82, 2.24) is 0 Å². The van der Waals surface area contributed by atoms with Crippen LogP contribution in [0.25, 0.3) is 65.4 Å². The number of aryl methyl sites for hydroxylation is 9. The van der Waals surface area contributed by atoms with Crippen molar-refractivity contribution in [2.24, 2.45) is 0 Å². The van der Waals surface area contributed by atoms with Gasteiger partial charge in [-0.2, -0.15) is 0 Å². The summed E-state index contributed by atoms with van der Waals surface area (Å²) in [5.74, 6) is 0.